The Morgan fingerprint density at radius 3 is 2.40 bits per heavy atom. The molecular formula is C14H24O. The highest BCUT2D eigenvalue weighted by molar-refractivity contribution is 4.89. The van der Waals surface area contributed by atoms with Crippen molar-refractivity contribution in [3.8, 4) is 0 Å². The van der Waals surface area contributed by atoms with Gasteiger partial charge in [-0.25, -0.2) is 0 Å². The largest absolute Gasteiger partial charge is 0.370 e. The molecule has 3 unspecified atom stereocenters. The molecule has 2 aliphatic rings. The van der Waals surface area contributed by atoms with Gasteiger partial charge in [0.05, 0.1) is 12.2 Å². The number of allylic oxidation sites excluding steroid dienone is 2. The minimum atomic E-state index is 0.604. The smallest absolute Gasteiger partial charge is 0.0844 e. The second-order valence-electron chi connectivity index (χ2n) is 5.23. The van der Waals surface area contributed by atoms with Crippen molar-refractivity contribution in [1.82, 2.24) is 0 Å². The van der Waals surface area contributed by atoms with Crippen molar-refractivity contribution in [3.63, 3.8) is 0 Å². The van der Waals surface area contributed by atoms with Gasteiger partial charge in [0.15, 0.2) is 0 Å². The molecule has 1 nitrogen and oxygen atoms in total. The maximum absolute atomic E-state index is 5.65. The van der Waals surface area contributed by atoms with E-state index in [1.807, 2.05) is 0 Å². The van der Waals surface area contributed by atoms with Crippen LogP contribution in [-0.4, -0.2) is 12.2 Å². The Hall–Kier alpha value is -0.300. The highest BCUT2D eigenvalue weighted by Crippen LogP contribution is 2.31. The van der Waals surface area contributed by atoms with E-state index < -0.39 is 0 Å². The molecule has 1 fully saturated rings. The maximum atomic E-state index is 5.65. The number of epoxide rings is 1. The molecule has 0 saturated carbocycles. The fourth-order valence-electron chi connectivity index (χ4n) is 2.55. The molecule has 1 aliphatic carbocycles. The molecule has 0 aromatic rings. The minimum absolute atomic E-state index is 0.604. The lowest BCUT2D eigenvalue weighted by Crippen LogP contribution is -1.96. The van der Waals surface area contributed by atoms with Gasteiger partial charge in [-0.2, -0.15) is 0 Å². The molecule has 1 saturated heterocycles. The Labute approximate surface area is 93.9 Å². The van der Waals surface area contributed by atoms with Gasteiger partial charge in [0.2, 0.25) is 0 Å². The normalized spacial score (nSPS) is 38.3. The van der Waals surface area contributed by atoms with E-state index in [9.17, 15) is 0 Å². The third-order valence-corrected chi connectivity index (χ3v) is 3.73. The zero-order chi connectivity index (χ0) is 10.5. The van der Waals surface area contributed by atoms with Gasteiger partial charge in [-0.15, -0.1) is 0 Å². The molecule has 3 atom stereocenters. The van der Waals surface area contributed by atoms with Crippen molar-refractivity contribution >= 4 is 0 Å². The van der Waals surface area contributed by atoms with E-state index in [0.29, 0.717) is 12.2 Å². The molecule has 2 rings (SSSR count). The van der Waals surface area contributed by atoms with Crippen LogP contribution in [-0.2, 0) is 4.74 Å². The Kier molecular flexibility index (Phi) is 4.25. The highest BCUT2D eigenvalue weighted by atomic mass is 16.6. The second kappa shape index (κ2) is 5.69. The van der Waals surface area contributed by atoms with Crippen LogP contribution in [0.5, 0.6) is 0 Å². The van der Waals surface area contributed by atoms with Crippen LogP contribution < -0.4 is 0 Å². The van der Waals surface area contributed by atoms with Crippen molar-refractivity contribution in [2.24, 2.45) is 5.92 Å². The summed E-state index contributed by atoms with van der Waals surface area (Å²) in [6.45, 7) is 2.39. The van der Waals surface area contributed by atoms with Gasteiger partial charge in [0.25, 0.3) is 0 Å². The van der Waals surface area contributed by atoms with Gasteiger partial charge in [-0.05, 0) is 38.0 Å². The van der Waals surface area contributed by atoms with Crippen LogP contribution in [0.15, 0.2) is 12.2 Å². The molecule has 0 aromatic carbocycles. The summed E-state index contributed by atoms with van der Waals surface area (Å²) in [7, 11) is 0. The Morgan fingerprint density at radius 1 is 0.867 bits per heavy atom. The first-order valence-electron chi connectivity index (χ1n) is 6.66. The Balaban J connectivity index is 1.75. The van der Waals surface area contributed by atoms with Crippen LogP contribution in [0.4, 0.5) is 0 Å². The van der Waals surface area contributed by atoms with Crippen molar-refractivity contribution in [3.05, 3.63) is 12.2 Å². The molecule has 0 aromatic heterocycles. The standard InChI is InChI=1S/C14H24O/c1-12-8-4-2-3-5-10-13-14(15-13)11-7-6-9-12/h2-3,12-14H,4-11H2,1H3. The summed E-state index contributed by atoms with van der Waals surface area (Å²) < 4.78 is 5.65. The monoisotopic (exact) mass is 208 g/mol. The van der Waals surface area contributed by atoms with E-state index in [2.05, 4.69) is 19.1 Å². The molecule has 0 amide bonds. The molecule has 86 valence electrons. The van der Waals surface area contributed by atoms with E-state index >= 15 is 0 Å². The summed E-state index contributed by atoms with van der Waals surface area (Å²) in [6, 6.07) is 0. The van der Waals surface area contributed by atoms with Crippen LogP contribution in [0.1, 0.15) is 58.3 Å². The minimum Gasteiger partial charge on any atom is -0.370 e. The molecule has 0 bridgehead atoms. The highest BCUT2D eigenvalue weighted by Gasteiger charge is 2.36. The number of ether oxygens (including phenoxy) is 1. The van der Waals surface area contributed by atoms with E-state index in [-0.39, 0.29) is 0 Å². The quantitative estimate of drug-likeness (QED) is 0.431. The van der Waals surface area contributed by atoms with Gasteiger partial charge >= 0.3 is 0 Å². The van der Waals surface area contributed by atoms with Crippen LogP contribution in [0, 0.1) is 5.92 Å². The fraction of sp³-hybridized carbons (Fsp3) is 0.857. The summed E-state index contributed by atoms with van der Waals surface area (Å²) in [5, 5.41) is 0. The number of rotatable bonds is 0. The molecule has 15 heavy (non-hydrogen) atoms. The first-order valence-corrected chi connectivity index (χ1v) is 6.66. The maximum Gasteiger partial charge on any atom is 0.0844 e. The number of hydrogen-bond acceptors (Lipinski definition) is 1. The first kappa shape index (κ1) is 11.2. The third kappa shape index (κ3) is 3.98. The Morgan fingerprint density at radius 2 is 1.53 bits per heavy atom. The fourth-order valence-corrected chi connectivity index (χ4v) is 2.55. The van der Waals surface area contributed by atoms with Crippen molar-refractivity contribution < 1.29 is 4.74 Å². The SMILES string of the molecule is CC1CCC=CCCC2OC2CCCC1. The molecule has 1 heterocycles. The average Bonchev–Trinajstić information content (AvgIpc) is 2.96. The lowest BCUT2D eigenvalue weighted by atomic mass is 9.98. The zero-order valence-electron chi connectivity index (χ0n) is 9.95. The van der Waals surface area contributed by atoms with Crippen LogP contribution >= 0.6 is 0 Å². The average molecular weight is 208 g/mol. The van der Waals surface area contributed by atoms with E-state index in [1.54, 1.807) is 0 Å². The van der Waals surface area contributed by atoms with Crippen molar-refractivity contribution in [2.45, 2.75) is 70.5 Å². The molecular weight excluding hydrogens is 184 g/mol. The number of fused-ring (bicyclic) bond motifs is 1. The molecule has 1 heteroatoms. The van der Waals surface area contributed by atoms with Crippen LogP contribution in [0.2, 0.25) is 0 Å². The van der Waals surface area contributed by atoms with Crippen molar-refractivity contribution in [2.75, 3.05) is 0 Å². The summed E-state index contributed by atoms with van der Waals surface area (Å²) in [5.74, 6) is 0.909. The molecule has 0 spiro atoms. The topological polar surface area (TPSA) is 12.5 Å². The first-order chi connectivity index (χ1) is 7.36. The predicted octanol–water partition coefficient (Wildman–Crippen LogP) is 4.08. The number of hydrogen-bond donors (Lipinski definition) is 0. The molecule has 1 aliphatic heterocycles. The molecule has 0 N–H and O–H groups in total. The van der Waals surface area contributed by atoms with Crippen LogP contribution in [0.25, 0.3) is 0 Å². The summed E-state index contributed by atoms with van der Waals surface area (Å²) >= 11 is 0. The predicted molar refractivity (Wildman–Crippen MR) is 63.9 cm³/mol. The molecule has 0 radical (unpaired) electrons. The van der Waals surface area contributed by atoms with Gasteiger partial charge in [-0.1, -0.05) is 38.3 Å². The van der Waals surface area contributed by atoms with Gasteiger partial charge in [0, 0.05) is 0 Å². The third-order valence-electron chi connectivity index (χ3n) is 3.73. The Bertz CT molecular complexity index is 203. The summed E-state index contributed by atoms with van der Waals surface area (Å²) in [4.78, 5) is 0. The van der Waals surface area contributed by atoms with E-state index in [0.717, 1.165) is 5.92 Å². The summed E-state index contributed by atoms with van der Waals surface area (Å²) in [5.41, 5.74) is 0. The van der Waals surface area contributed by atoms with Crippen LogP contribution in [0.3, 0.4) is 0 Å². The van der Waals surface area contributed by atoms with Gasteiger partial charge < -0.3 is 4.74 Å². The second-order valence-corrected chi connectivity index (χ2v) is 5.23. The van der Waals surface area contributed by atoms with E-state index in [4.69, 9.17) is 4.74 Å². The summed E-state index contributed by atoms with van der Waals surface area (Å²) in [6.07, 6.45) is 16.5. The lowest BCUT2D eigenvalue weighted by Gasteiger charge is -2.08. The zero-order valence-corrected chi connectivity index (χ0v) is 9.95. The van der Waals surface area contributed by atoms with Crippen molar-refractivity contribution in [1.29, 1.82) is 0 Å². The van der Waals surface area contributed by atoms with Gasteiger partial charge in [0.1, 0.15) is 0 Å². The van der Waals surface area contributed by atoms with E-state index in [1.165, 1.54) is 51.4 Å². The lowest BCUT2D eigenvalue weighted by molar-refractivity contribution is 0.349. The van der Waals surface area contributed by atoms with Gasteiger partial charge in [-0.3, -0.25) is 0 Å².